The highest BCUT2D eigenvalue weighted by atomic mass is 19.4. The van der Waals surface area contributed by atoms with Crippen molar-refractivity contribution in [3.63, 3.8) is 0 Å². The lowest BCUT2D eigenvalue weighted by Crippen LogP contribution is -2.57. The molecule has 0 aliphatic carbocycles. The highest BCUT2D eigenvalue weighted by molar-refractivity contribution is 5.32. The molecule has 2 aromatic carbocycles. The zero-order valence-corrected chi connectivity index (χ0v) is 22.1. The first-order chi connectivity index (χ1) is 22.7. The molecule has 0 heterocycles. The van der Waals surface area contributed by atoms with E-state index < -0.39 is 129 Å². The number of halogens is 26. The quantitative estimate of drug-likeness (QED) is 0.0926. The van der Waals surface area contributed by atoms with Crippen LogP contribution in [0.5, 0.6) is 11.5 Å². The molecule has 0 bridgehead atoms. The van der Waals surface area contributed by atoms with Gasteiger partial charge in [0.1, 0.15) is 0 Å². The maximum atomic E-state index is 13.9. The summed E-state index contributed by atoms with van der Waals surface area (Å²) >= 11 is 0. The van der Waals surface area contributed by atoms with E-state index in [4.69, 9.17) is 0 Å². The molecule has 0 spiro atoms. The van der Waals surface area contributed by atoms with Gasteiger partial charge in [-0.3, -0.25) is 0 Å². The molecule has 51 heavy (non-hydrogen) atoms. The monoisotopic (exact) mass is 806 g/mol. The van der Waals surface area contributed by atoms with Crippen molar-refractivity contribution in [2.45, 2.75) is 35.9 Å². The summed E-state index contributed by atoms with van der Waals surface area (Å²) in [4.78, 5) is 0. The van der Waals surface area contributed by atoms with E-state index in [1.165, 1.54) is 0 Å². The van der Waals surface area contributed by atoms with Gasteiger partial charge in [-0.05, 0) is 0 Å². The molecule has 0 atom stereocenters. The van der Waals surface area contributed by atoms with E-state index >= 15 is 0 Å². The normalized spacial score (nSPS) is 14.7. The van der Waals surface area contributed by atoms with Crippen LogP contribution in [-0.4, -0.2) is 35.9 Å². The topological polar surface area (TPSA) is 27.7 Å². The van der Waals surface area contributed by atoms with Gasteiger partial charge in [0.25, 0.3) is 0 Å². The van der Waals surface area contributed by atoms with Crippen LogP contribution >= 0.6 is 0 Å². The molecule has 2 aromatic rings. The molecule has 288 valence electrons. The number of allylic oxidation sites excluding steroid dienone is 2. The summed E-state index contributed by atoms with van der Waals surface area (Å²) in [6.45, 7) is 0. The lowest BCUT2D eigenvalue weighted by Gasteiger charge is -2.31. The summed E-state index contributed by atoms with van der Waals surface area (Å²) in [6, 6.07) is -9.41. The van der Waals surface area contributed by atoms with Crippen LogP contribution in [0.3, 0.4) is 0 Å². The molecule has 0 amide bonds. The Labute approximate surface area is 258 Å². The number of alkyl halides is 12. The molecule has 29 heteroatoms. The fraction of sp³-hybridized carbons (Fsp3) is 0.273. The third-order valence-corrected chi connectivity index (χ3v) is 5.39. The molecular weight excluding hydrogens is 806 g/mol. The number of ether oxygens (including phenoxy) is 3. The van der Waals surface area contributed by atoms with Gasteiger partial charge in [0.15, 0.2) is 0 Å². The van der Waals surface area contributed by atoms with E-state index in [1.54, 1.807) is 0 Å². The molecule has 0 radical (unpaired) electrons. The van der Waals surface area contributed by atoms with E-state index in [-0.39, 0.29) is 0 Å². The Morgan fingerprint density at radius 1 is 0.333 bits per heavy atom. The minimum absolute atomic E-state index is 2.12. The Balaban J connectivity index is 2.54. The molecule has 0 saturated carbocycles. The van der Waals surface area contributed by atoms with E-state index in [9.17, 15) is 114 Å². The van der Waals surface area contributed by atoms with Crippen molar-refractivity contribution in [1.29, 1.82) is 0 Å². The summed E-state index contributed by atoms with van der Waals surface area (Å²) in [5, 5.41) is 0. The smallest absolute Gasteiger partial charge is 0.421 e. The minimum Gasteiger partial charge on any atom is -0.421 e. The second-order valence-corrected chi connectivity index (χ2v) is 8.61. The fourth-order valence-electron chi connectivity index (χ4n) is 2.79. The van der Waals surface area contributed by atoms with Crippen LogP contribution in [0.1, 0.15) is 0 Å². The third kappa shape index (κ3) is 6.68. The number of benzene rings is 2. The Morgan fingerprint density at radius 3 is 0.745 bits per heavy atom. The van der Waals surface area contributed by atoms with Crippen LogP contribution in [0.15, 0.2) is 23.7 Å². The van der Waals surface area contributed by atoms with Gasteiger partial charge in [-0.15, -0.1) is 0 Å². The zero-order chi connectivity index (χ0) is 40.4. The Hall–Kier alpha value is -4.50. The maximum absolute atomic E-state index is 13.9. The number of rotatable bonds is 12. The molecule has 0 saturated heterocycles. The zero-order valence-electron chi connectivity index (χ0n) is 22.1. The molecular formula is C22F26O3. The van der Waals surface area contributed by atoms with Crippen molar-refractivity contribution in [2.24, 2.45) is 0 Å². The molecule has 0 fully saturated rings. The molecule has 0 aliphatic heterocycles. The van der Waals surface area contributed by atoms with Crippen molar-refractivity contribution < 1.29 is 128 Å². The Kier molecular flexibility index (Phi) is 11.1. The van der Waals surface area contributed by atoms with Crippen molar-refractivity contribution in [3.05, 3.63) is 81.9 Å². The van der Waals surface area contributed by atoms with E-state index in [1.807, 2.05) is 0 Å². The molecule has 0 aliphatic rings. The minimum atomic E-state index is -7.94. The van der Waals surface area contributed by atoms with Gasteiger partial charge >= 0.3 is 47.9 Å². The van der Waals surface area contributed by atoms with E-state index in [0.717, 1.165) is 0 Å². The van der Waals surface area contributed by atoms with E-state index in [0.29, 0.717) is 0 Å². The first-order valence-electron chi connectivity index (χ1n) is 11.1. The van der Waals surface area contributed by atoms with Gasteiger partial charge < -0.3 is 14.2 Å². The van der Waals surface area contributed by atoms with Gasteiger partial charge in [-0.2, -0.15) is 87.8 Å². The summed E-state index contributed by atoms with van der Waals surface area (Å²) in [5.74, 6) is -82.5. The standard InChI is InChI=1S/C22F26O3/c23-1-3(25)7(29)11(8(30)4(1)26)50-21(45,46)19(41,42)17(37,38)13(33)15(35)49-16(36)14(34)18(39,40)20(43,44)22(47,48)51-12-9(31)5(27)2(24)6(28)10(12)32. The largest absolute Gasteiger partial charge is 0.471 e. The lowest BCUT2D eigenvalue weighted by molar-refractivity contribution is -0.368. The SMILES string of the molecule is FC(OC(F)=C(F)C(F)(F)C(F)(F)C(F)(F)Oc1c(F)c(F)c(F)c(F)c1F)=C(F)C(F)(F)C(F)(F)C(F)(F)Oc1c(F)c(F)c(F)c(F)c1F. The third-order valence-electron chi connectivity index (χ3n) is 5.39. The molecule has 2 rings (SSSR count). The number of hydrogen-bond acceptors (Lipinski definition) is 3. The van der Waals surface area contributed by atoms with Gasteiger partial charge in [-0.25, -0.2) is 26.3 Å². The summed E-state index contributed by atoms with van der Waals surface area (Å²) < 4.78 is 360. The first kappa shape index (κ1) is 42.7. The average molecular weight is 806 g/mol. The first-order valence-corrected chi connectivity index (χ1v) is 11.1. The van der Waals surface area contributed by atoms with Crippen LogP contribution in [0, 0.1) is 58.2 Å². The molecule has 3 nitrogen and oxygen atoms in total. The van der Waals surface area contributed by atoms with Crippen LogP contribution in [0.25, 0.3) is 0 Å². The van der Waals surface area contributed by atoms with Crippen LogP contribution in [-0.2, 0) is 4.74 Å². The predicted molar refractivity (Wildman–Crippen MR) is 103 cm³/mol. The fourth-order valence-corrected chi connectivity index (χ4v) is 2.79. The Morgan fingerprint density at radius 2 is 0.529 bits per heavy atom. The number of hydrogen-bond donors (Lipinski definition) is 0. The highest BCUT2D eigenvalue weighted by Gasteiger charge is 2.79. The van der Waals surface area contributed by atoms with Gasteiger partial charge in [0.05, 0.1) is 0 Å². The van der Waals surface area contributed by atoms with Crippen LogP contribution in [0.4, 0.5) is 114 Å². The average Bonchev–Trinajstić information content (AvgIpc) is 3.03. The summed E-state index contributed by atoms with van der Waals surface area (Å²) in [7, 11) is 0. The summed E-state index contributed by atoms with van der Waals surface area (Å²) in [5.41, 5.74) is 0. The maximum Gasteiger partial charge on any atom is 0.471 e. The van der Waals surface area contributed by atoms with Gasteiger partial charge in [0.2, 0.25) is 81.3 Å². The van der Waals surface area contributed by atoms with E-state index in [2.05, 4.69) is 14.2 Å². The lowest BCUT2D eigenvalue weighted by atomic mass is 10.1. The highest BCUT2D eigenvalue weighted by Crippen LogP contribution is 2.54. The van der Waals surface area contributed by atoms with Gasteiger partial charge in [0, 0.05) is 0 Å². The van der Waals surface area contributed by atoms with Crippen molar-refractivity contribution >= 4 is 0 Å². The molecule has 0 aromatic heterocycles. The predicted octanol–water partition coefficient (Wildman–Crippen LogP) is 10.5. The van der Waals surface area contributed by atoms with Crippen molar-refractivity contribution in [3.8, 4) is 11.5 Å². The molecule has 0 unspecified atom stereocenters. The van der Waals surface area contributed by atoms with Crippen LogP contribution < -0.4 is 9.47 Å². The summed E-state index contributed by atoms with van der Waals surface area (Å²) in [6.07, 6.45) is -15.0. The Bertz CT molecular complexity index is 1590. The second-order valence-electron chi connectivity index (χ2n) is 8.61. The van der Waals surface area contributed by atoms with Gasteiger partial charge in [-0.1, -0.05) is 0 Å². The van der Waals surface area contributed by atoms with Crippen molar-refractivity contribution in [1.82, 2.24) is 0 Å². The second kappa shape index (κ2) is 13.2. The van der Waals surface area contributed by atoms with Crippen LogP contribution in [0.2, 0.25) is 0 Å². The van der Waals surface area contributed by atoms with Crippen molar-refractivity contribution in [2.75, 3.05) is 0 Å². The molecule has 0 N–H and O–H groups in total.